The molecule has 0 radical (unpaired) electrons. The Labute approximate surface area is 116 Å². The molecule has 0 fully saturated rings. The van der Waals surface area contributed by atoms with E-state index in [2.05, 4.69) is 5.10 Å². The van der Waals surface area contributed by atoms with Crippen LogP contribution in [0, 0.1) is 0 Å². The largest absolute Gasteiger partial charge is 0.476 e. The van der Waals surface area contributed by atoms with E-state index in [1.165, 1.54) is 12.1 Å². The van der Waals surface area contributed by atoms with E-state index in [4.69, 9.17) is 5.11 Å². The van der Waals surface area contributed by atoms with E-state index in [9.17, 15) is 22.8 Å². The number of aromatic nitrogens is 2. The van der Waals surface area contributed by atoms with Crippen LogP contribution >= 0.6 is 0 Å². The molecule has 2 aromatic rings. The summed E-state index contributed by atoms with van der Waals surface area (Å²) in [5.74, 6) is -1.30. The molecular weight excluding hydrogens is 289 g/mol. The van der Waals surface area contributed by atoms with Crippen LogP contribution in [0.1, 0.15) is 21.6 Å². The van der Waals surface area contributed by atoms with Gasteiger partial charge in [0.25, 0.3) is 5.56 Å². The van der Waals surface area contributed by atoms with E-state index >= 15 is 0 Å². The summed E-state index contributed by atoms with van der Waals surface area (Å²) < 4.78 is 38.1. The number of aromatic carboxylic acids is 1. The molecule has 0 amide bonds. The highest BCUT2D eigenvalue weighted by atomic mass is 19.4. The van der Waals surface area contributed by atoms with Gasteiger partial charge in [-0.2, -0.15) is 18.3 Å². The average molecular weight is 298 g/mol. The zero-order valence-electron chi connectivity index (χ0n) is 10.5. The van der Waals surface area contributed by atoms with Crippen LogP contribution in [0.5, 0.6) is 0 Å². The van der Waals surface area contributed by atoms with Gasteiger partial charge in [0.1, 0.15) is 0 Å². The molecule has 5 nitrogen and oxygen atoms in total. The van der Waals surface area contributed by atoms with Crippen LogP contribution in [0.3, 0.4) is 0 Å². The second-order valence-corrected chi connectivity index (χ2v) is 4.21. The number of carboxylic acids is 1. The predicted octanol–water partition coefficient (Wildman–Crippen LogP) is 2.01. The molecule has 0 aliphatic carbocycles. The van der Waals surface area contributed by atoms with Crippen molar-refractivity contribution >= 4 is 5.97 Å². The third-order valence-electron chi connectivity index (χ3n) is 2.70. The molecule has 0 saturated carbocycles. The summed E-state index contributed by atoms with van der Waals surface area (Å²) in [5.41, 5.74) is -1.26. The molecular formula is C13H9F3N2O3. The molecule has 0 spiro atoms. The fraction of sp³-hybridized carbons (Fsp3) is 0.154. The maximum Gasteiger partial charge on any atom is 0.416 e. The van der Waals surface area contributed by atoms with Crippen LogP contribution in [0.25, 0.3) is 0 Å². The fourth-order valence-electron chi connectivity index (χ4n) is 1.65. The molecule has 0 bridgehead atoms. The van der Waals surface area contributed by atoms with Gasteiger partial charge in [0.15, 0.2) is 5.69 Å². The highest BCUT2D eigenvalue weighted by Gasteiger charge is 2.29. The van der Waals surface area contributed by atoms with Crippen molar-refractivity contribution in [1.29, 1.82) is 0 Å². The van der Waals surface area contributed by atoms with Crippen molar-refractivity contribution in [2.75, 3.05) is 0 Å². The first-order valence-corrected chi connectivity index (χ1v) is 5.75. The van der Waals surface area contributed by atoms with Crippen molar-refractivity contribution in [1.82, 2.24) is 9.78 Å². The van der Waals surface area contributed by atoms with Gasteiger partial charge < -0.3 is 5.11 Å². The average Bonchev–Trinajstić information content (AvgIpc) is 2.40. The van der Waals surface area contributed by atoms with Gasteiger partial charge in [0.2, 0.25) is 0 Å². The lowest BCUT2D eigenvalue weighted by atomic mass is 10.1. The standard InChI is InChI=1S/C13H9F3N2O3/c14-13(15,16)9-3-1-8(2-4-9)7-18-11(19)6-5-10(17-18)12(20)21/h1-6H,7H2,(H,20,21). The number of carboxylic acid groups (broad SMARTS) is 1. The van der Waals surface area contributed by atoms with E-state index in [1.807, 2.05) is 0 Å². The van der Waals surface area contributed by atoms with Crippen molar-refractivity contribution in [3.8, 4) is 0 Å². The normalized spacial score (nSPS) is 11.4. The molecule has 0 unspecified atom stereocenters. The van der Waals surface area contributed by atoms with E-state index in [1.54, 1.807) is 0 Å². The molecule has 110 valence electrons. The Balaban J connectivity index is 2.28. The van der Waals surface area contributed by atoms with Crippen LogP contribution in [0.4, 0.5) is 13.2 Å². The fourth-order valence-corrected chi connectivity index (χ4v) is 1.65. The first-order valence-electron chi connectivity index (χ1n) is 5.75. The Bertz CT molecular complexity index is 721. The molecule has 21 heavy (non-hydrogen) atoms. The first-order chi connectivity index (χ1) is 9.77. The van der Waals surface area contributed by atoms with E-state index in [-0.39, 0.29) is 12.2 Å². The SMILES string of the molecule is O=C(O)c1ccc(=O)n(Cc2ccc(C(F)(F)F)cc2)n1. The van der Waals surface area contributed by atoms with Gasteiger partial charge in [-0.25, -0.2) is 9.48 Å². The van der Waals surface area contributed by atoms with Gasteiger partial charge in [-0.05, 0) is 23.8 Å². The number of halogens is 3. The predicted molar refractivity (Wildman–Crippen MR) is 66.0 cm³/mol. The van der Waals surface area contributed by atoms with Crippen LogP contribution in [0.15, 0.2) is 41.2 Å². The molecule has 0 saturated heterocycles. The molecule has 0 aliphatic heterocycles. The number of rotatable bonds is 3. The zero-order valence-corrected chi connectivity index (χ0v) is 10.5. The van der Waals surface area contributed by atoms with Crippen LogP contribution in [-0.4, -0.2) is 20.9 Å². The summed E-state index contributed by atoms with van der Waals surface area (Å²) in [6.07, 6.45) is -4.43. The van der Waals surface area contributed by atoms with Crippen molar-refractivity contribution in [3.05, 3.63) is 63.6 Å². The Morgan fingerprint density at radius 1 is 1.14 bits per heavy atom. The second-order valence-electron chi connectivity index (χ2n) is 4.21. The van der Waals surface area contributed by atoms with Crippen molar-refractivity contribution in [3.63, 3.8) is 0 Å². The Morgan fingerprint density at radius 3 is 2.29 bits per heavy atom. The molecule has 2 rings (SSSR count). The molecule has 0 aliphatic rings. The summed E-state index contributed by atoms with van der Waals surface area (Å²) >= 11 is 0. The zero-order chi connectivity index (χ0) is 15.6. The number of carbonyl (C=O) groups is 1. The number of hydrogen-bond acceptors (Lipinski definition) is 3. The van der Waals surface area contributed by atoms with Crippen LogP contribution in [-0.2, 0) is 12.7 Å². The second kappa shape index (κ2) is 5.39. The Morgan fingerprint density at radius 2 is 1.76 bits per heavy atom. The monoisotopic (exact) mass is 298 g/mol. The maximum atomic E-state index is 12.4. The number of benzene rings is 1. The summed E-state index contributed by atoms with van der Waals surface area (Å²) in [6, 6.07) is 6.31. The van der Waals surface area contributed by atoms with Gasteiger partial charge in [-0.15, -0.1) is 0 Å². The maximum absolute atomic E-state index is 12.4. The number of nitrogens with zero attached hydrogens (tertiary/aromatic N) is 2. The van der Waals surface area contributed by atoms with Gasteiger partial charge in [0.05, 0.1) is 12.1 Å². The van der Waals surface area contributed by atoms with Crippen molar-refractivity contribution in [2.24, 2.45) is 0 Å². The van der Waals surface area contributed by atoms with Gasteiger partial charge in [0, 0.05) is 6.07 Å². The number of alkyl halides is 3. The summed E-state index contributed by atoms with van der Waals surface area (Å²) in [6.45, 7) is -0.113. The lowest BCUT2D eigenvalue weighted by Crippen LogP contribution is -2.24. The van der Waals surface area contributed by atoms with Crippen molar-refractivity contribution in [2.45, 2.75) is 12.7 Å². The topological polar surface area (TPSA) is 72.2 Å². The van der Waals surface area contributed by atoms with Crippen LogP contribution < -0.4 is 5.56 Å². The van der Waals surface area contributed by atoms with Gasteiger partial charge in [-0.1, -0.05) is 12.1 Å². The first kappa shape index (κ1) is 14.8. The van der Waals surface area contributed by atoms with E-state index in [0.29, 0.717) is 5.56 Å². The third kappa shape index (κ3) is 3.47. The van der Waals surface area contributed by atoms with E-state index in [0.717, 1.165) is 28.9 Å². The van der Waals surface area contributed by atoms with Crippen LogP contribution in [0.2, 0.25) is 0 Å². The molecule has 0 atom stereocenters. The quantitative estimate of drug-likeness (QED) is 0.941. The van der Waals surface area contributed by atoms with Crippen molar-refractivity contribution < 1.29 is 23.1 Å². The summed E-state index contributed by atoms with van der Waals surface area (Å²) in [4.78, 5) is 22.3. The molecule has 1 aromatic heterocycles. The summed E-state index contributed by atoms with van der Waals surface area (Å²) in [5, 5.41) is 12.4. The Hall–Kier alpha value is -2.64. The number of hydrogen-bond donors (Lipinski definition) is 1. The highest BCUT2D eigenvalue weighted by Crippen LogP contribution is 2.29. The molecule has 1 N–H and O–H groups in total. The molecule has 8 heteroatoms. The minimum atomic E-state index is -4.43. The summed E-state index contributed by atoms with van der Waals surface area (Å²) in [7, 11) is 0. The lowest BCUT2D eigenvalue weighted by molar-refractivity contribution is -0.137. The lowest BCUT2D eigenvalue weighted by Gasteiger charge is -2.08. The minimum absolute atomic E-state index is 0.113. The smallest absolute Gasteiger partial charge is 0.416 e. The van der Waals surface area contributed by atoms with Gasteiger partial charge >= 0.3 is 12.1 Å². The minimum Gasteiger partial charge on any atom is -0.476 e. The highest BCUT2D eigenvalue weighted by molar-refractivity contribution is 5.84. The third-order valence-corrected chi connectivity index (χ3v) is 2.70. The Kier molecular flexibility index (Phi) is 3.79. The molecule has 1 aromatic carbocycles. The van der Waals surface area contributed by atoms with E-state index < -0.39 is 23.3 Å². The van der Waals surface area contributed by atoms with Gasteiger partial charge in [-0.3, -0.25) is 4.79 Å². The molecule has 1 heterocycles.